The Kier molecular flexibility index (Phi) is 5.31. The molecule has 0 heterocycles. The van der Waals surface area contributed by atoms with Gasteiger partial charge in [-0.15, -0.1) is 0 Å². The van der Waals surface area contributed by atoms with Crippen molar-refractivity contribution in [1.29, 1.82) is 0 Å². The van der Waals surface area contributed by atoms with Crippen LogP contribution in [0.4, 0.5) is 0 Å². The van der Waals surface area contributed by atoms with Crippen molar-refractivity contribution in [3.8, 4) is 17.2 Å². The van der Waals surface area contributed by atoms with E-state index in [9.17, 15) is 24.9 Å². The van der Waals surface area contributed by atoms with Crippen LogP contribution in [-0.2, 0) is 16.0 Å². The van der Waals surface area contributed by atoms with E-state index >= 15 is 0 Å². The molecule has 0 aromatic heterocycles. The van der Waals surface area contributed by atoms with Crippen molar-refractivity contribution in [3.63, 3.8) is 0 Å². The summed E-state index contributed by atoms with van der Waals surface area (Å²) in [6.45, 7) is 0.487. The van der Waals surface area contributed by atoms with Crippen molar-refractivity contribution >= 4 is 11.9 Å². The minimum atomic E-state index is -0.751. The highest BCUT2D eigenvalue weighted by atomic mass is 16.4. The van der Waals surface area contributed by atoms with Crippen LogP contribution in [0.15, 0.2) is 12.1 Å². The maximum Gasteiger partial charge on any atom is 0.306 e. The van der Waals surface area contributed by atoms with Gasteiger partial charge in [0.2, 0.25) is 5.91 Å². The molecule has 1 aromatic carbocycles. The number of carbonyl (C=O) groups is 2. The second-order valence-electron chi connectivity index (χ2n) is 6.02. The summed E-state index contributed by atoms with van der Waals surface area (Å²) in [5.74, 6) is -2.56. The minimum Gasteiger partial charge on any atom is -0.504 e. The molecular formula is C16H21NO6. The SMILES string of the molecule is O=C(Cc1cc(O)c(O)c(O)c1)NCC1CCC(C(=O)O)CC1. The number of carboxylic acids is 1. The van der Waals surface area contributed by atoms with E-state index in [0.717, 1.165) is 12.8 Å². The largest absolute Gasteiger partial charge is 0.504 e. The summed E-state index contributed by atoms with van der Waals surface area (Å²) in [6.07, 6.45) is 2.80. The molecule has 7 heteroatoms. The van der Waals surface area contributed by atoms with Gasteiger partial charge in [-0.25, -0.2) is 0 Å². The molecule has 0 radical (unpaired) electrons. The zero-order valence-electron chi connectivity index (χ0n) is 12.7. The molecule has 0 unspecified atom stereocenters. The Morgan fingerprint density at radius 2 is 1.61 bits per heavy atom. The van der Waals surface area contributed by atoms with Gasteiger partial charge < -0.3 is 25.7 Å². The molecule has 1 aromatic rings. The number of hydrogen-bond donors (Lipinski definition) is 5. The highest BCUT2D eigenvalue weighted by molar-refractivity contribution is 5.79. The molecule has 5 N–H and O–H groups in total. The minimum absolute atomic E-state index is 0.0220. The molecule has 1 amide bonds. The Hall–Kier alpha value is -2.44. The van der Waals surface area contributed by atoms with Gasteiger partial charge in [0.1, 0.15) is 0 Å². The number of aromatic hydroxyl groups is 3. The summed E-state index contributed by atoms with van der Waals surface area (Å²) < 4.78 is 0. The van der Waals surface area contributed by atoms with Gasteiger partial charge in [0.05, 0.1) is 12.3 Å². The van der Waals surface area contributed by atoms with Gasteiger partial charge in [0.15, 0.2) is 17.2 Å². The number of amides is 1. The molecule has 0 atom stereocenters. The lowest BCUT2D eigenvalue weighted by Gasteiger charge is -2.26. The van der Waals surface area contributed by atoms with Gasteiger partial charge >= 0.3 is 5.97 Å². The van der Waals surface area contributed by atoms with E-state index in [0.29, 0.717) is 24.9 Å². The molecule has 1 saturated carbocycles. The van der Waals surface area contributed by atoms with Crippen LogP contribution < -0.4 is 5.32 Å². The molecule has 126 valence electrons. The molecule has 0 bridgehead atoms. The monoisotopic (exact) mass is 323 g/mol. The first kappa shape index (κ1) is 16.9. The van der Waals surface area contributed by atoms with Crippen LogP contribution in [0.5, 0.6) is 17.2 Å². The smallest absolute Gasteiger partial charge is 0.306 e. The topological polar surface area (TPSA) is 127 Å². The van der Waals surface area contributed by atoms with E-state index in [-0.39, 0.29) is 24.2 Å². The van der Waals surface area contributed by atoms with Crippen LogP contribution in [-0.4, -0.2) is 38.8 Å². The quantitative estimate of drug-likeness (QED) is 0.521. The molecule has 0 saturated heterocycles. The summed E-state index contributed by atoms with van der Waals surface area (Å²) in [4.78, 5) is 22.8. The predicted octanol–water partition coefficient (Wildman–Crippen LogP) is 1.35. The first-order chi connectivity index (χ1) is 10.9. The molecule has 0 aliphatic heterocycles. The van der Waals surface area contributed by atoms with Crippen molar-refractivity contribution in [1.82, 2.24) is 5.32 Å². The van der Waals surface area contributed by atoms with Crippen LogP contribution in [0, 0.1) is 11.8 Å². The summed E-state index contributed by atoms with van der Waals surface area (Å²) >= 11 is 0. The van der Waals surface area contributed by atoms with E-state index in [4.69, 9.17) is 5.11 Å². The first-order valence-corrected chi connectivity index (χ1v) is 7.60. The normalized spacial score (nSPS) is 20.9. The zero-order chi connectivity index (χ0) is 17.0. The van der Waals surface area contributed by atoms with E-state index in [1.165, 1.54) is 12.1 Å². The third-order valence-corrected chi connectivity index (χ3v) is 4.28. The molecule has 7 nitrogen and oxygen atoms in total. The van der Waals surface area contributed by atoms with Gasteiger partial charge in [-0.3, -0.25) is 9.59 Å². The number of nitrogens with one attached hydrogen (secondary N) is 1. The maximum absolute atomic E-state index is 11.9. The third-order valence-electron chi connectivity index (χ3n) is 4.28. The average molecular weight is 323 g/mol. The van der Waals surface area contributed by atoms with Crippen molar-refractivity contribution in [2.45, 2.75) is 32.1 Å². The highest BCUT2D eigenvalue weighted by Gasteiger charge is 2.26. The number of rotatable bonds is 5. The van der Waals surface area contributed by atoms with E-state index < -0.39 is 23.2 Å². The van der Waals surface area contributed by atoms with Gasteiger partial charge in [0, 0.05) is 6.54 Å². The lowest BCUT2D eigenvalue weighted by molar-refractivity contribution is -0.143. The van der Waals surface area contributed by atoms with E-state index in [1.54, 1.807) is 0 Å². The second-order valence-corrected chi connectivity index (χ2v) is 6.02. The van der Waals surface area contributed by atoms with Gasteiger partial charge in [-0.05, 0) is 49.3 Å². The van der Waals surface area contributed by atoms with Crippen LogP contribution in [0.1, 0.15) is 31.2 Å². The molecule has 1 aliphatic rings. The fourth-order valence-electron chi connectivity index (χ4n) is 2.88. The van der Waals surface area contributed by atoms with Gasteiger partial charge in [-0.1, -0.05) is 0 Å². The van der Waals surface area contributed by atoms with Crippen molar-refractivity contribution < 1.29 is 30.0 Å². The Labute approximate surface area is 133 Å². The average Bonchev–Trinajstić information content (AvgIpc) is 2.51. The lowest BCUT2D eigenvalue weighted by atomic mass is 9.82. The predicted molar refractivity (Wildman–Crippen MR) is 81.2 cm³/mol. The van der Waals surface area contributed by atoms with Crippen LogP contribution in [0.2, 0.25) is 0 Å². The Bertz CT molecular complexity index is 569. The van der Waals surface area contributed by atoms with Crippen LogP contribution in [0.25, 0.3) is 0 Å². The van der Waals surface area contributed by atoms with Gasteiger partial charge in [-0.2, -0.15) is 0 Å². The summed E-state index contributed by atoms with van der Waals surface area (Å²) in [5.41, 5.74) is 0.393. The summed E-state index contributed by atoms with van der Waals surface area (Å²) in [7, 11) is 0. The Balaban J connectivity index is 1.79. The molecule has 0 spiro atoms. The molecular weight excluding hydrogens is 302 g/mol. The van der Waals surface area contributed by atoms with Crippen molar-refractivity contribution in [2.24, 2.45) is 11.8 Å². The number of carboxylic acid groups (broad SMARTS) is 1. The zero-order valence-corrected chi connectivity index (χ0v) is 12.7. The second kappa shape index (κ2) is 7.21. The van der Waals surface area contributed by atoms with Gasteiger partial charge in [0.25, 0.3) is 0 Å². The lowest BCUT2D eigenvalue weighted by Crippen LogP contribution is -2.33. The third kappa shape index (κ3) is 4.51. The maximum atomic E-state index is 11.9. The molecule has 23 heavy (non-hydrogen) atoms. The van der Waals surface area contributed by atoms with E-state index in [1.807, 2.05) is 0 Å². The number of phenols is 3. The Morgan fingerprint density at radius 1 is 1.04 bits per heavy atom. The standard InChI is InChI=1S/C16H21NO6/c18-12-5-10(6-13(19)15(12)21)7-14(20)17-8-9-1-3-11(4-2-9)16(22)23/h5-6,9,11,18-19,21H,1-4,7-8H2,(H,17,20)(H,22,23). The van der Waals surface area contributed by atoms with Crippen LogP contribution in [0.3, 0.4) is 0 Å². The molecule has 1 fully saturated rings. The fourth-order valence-corrected chi connectivity index (χ4v) is 2.88. The van der Waals surface area contributed by atoms with Crippen molar-refractivity contribution in [3.05, 3.63) is 17.7 Å². The molecule has 1 aliphatic carbocycles. The summed E-state index contributed by atoms with van der Waals surface area (Å²) in [5, 5.41) is 39.8. The first-order valence-electron chi connectivity index (χ1n) is 7.60. The van der Waals surface area contributed by atoms with Crippen LogP contribution >= 0.6 is 0 Å². The number of benzene rings is 1. The summed E-state index contributed by atoms with van der Waals surface area (Å²) in [6, 6.07) is 2.46. The number of carbonyl (C=O) groups excluding carboxylic acids is 1. The van der Waals surface area contributed by atoms with E-state index in [2.05, 4.69) is 5.32 Å². The Morgan fingerprint density at radius 3 is 2.13 bits per heavy atom. The number of hydrogen-bond acceptors (Lipinski definition) is 5. The fraction of sp³-hybridized carbons (Fsp3) is 0.500. The molecule has 2 rings (SSSR count). The highest BCUT2D eigenvalue weighted by Crippen LogP contribution is 2.35. The number of aliphatic carboxylic acids is 1. The number of phenolic OH excluding ortho intramolecular Hbond substituents is 3. The van der Waals surface area contributed by atoms with Crippen molar-refractivity contribution in [2.75, 3.05) is 6.54 Å².